The summed E-state index contributed by atoms with van der Waals surface area (Å²) in [5.41, 5.74) is 2.01. The van der Waals surface area contributed by atoms with Gasteiger partial charge in [-0.2, -0.15) is 0 Å². The van der Waals surface area contributed by atoms with E-state index in [0.29, 0.717) is 5.75 Å². The number of nitrogens with one attached hydrogen (secondary N) is 2. The standard InChI is InChI=1S/C19H21N3O2S/c23-18(14-24-15-8-2-1-3-9-15)21-19(25)20-16-10-4-5-11-17(16)22-12-6-7-13-22/h1-5,8-11H,6-7,12-14H2,(H2,20,21,23,25). The molecule has 0 saturated carbocycles. The van der Waals surface area contributed by atoms with E-state index in [2.05, 4.69) is 21.6 Å². The van der Waals surface area contributed by atoms with Crippen molar-refractivity contribution in [3.63, 3.8) is 0 Å². The number of ether oxygens (including phenoxy) is 1. The lowest BCUT2D eigenvalue weighted by atomic mass is 10.2. The number of carbonyl (C=O) groups excluding carboxylic acids is 1. The molecule has 1 aliphatic heterocycles. The van der Waals surface area contributed by atoms with Gasteiger partial charge in [0, 0.05) is 13.1 Å². The van der Waals surface area contributed by atoms with Gasteiger partial charge in [-0.05, 0) is 49.3 Å². The molecule has 0 radical (unpaired) electrons. The van der Waals surface area contributed by atoms with Crippen molar-refractivity contribution in [1.29, 1.82) is 0 Å². The third-order valence-electron chi connectivity index (χ3n) is 3.97. The van der Waals surface area contributed by atoms with Crippen LogP contribution in [0.15, 0.2) is 54.6 Å². The molecule has 1 heterocycles. The summed E-state index contributed by atoms with van der Waals surface area (Å²) >= 11 is 5.26. The maximum absolute atomic E-state index is 12.0. The van der Waals surface area contributed by atoms with Crippen LogP contribution < -0.4 is 20.3 Å². The van der Waals surface area contributed by atoms with Gasteiger partial charge in [0.2, 0.25) is 0 Å². The van der Waals surface area contributed by atoms with Crippen molar-refractivity contribution >= 4 is 34.6 Å². The molecule has 0 atom stereocenters. The number of thiocarbonyl (C=S) groups is 1. The van der Waals surface area contributed by atoms with E-state index in [9.17, 15) is 4.79 Å². The summed E-state index contributed by atoms with van der Waals surface area (Å²) in [6.07, 6.45) is 2.40. The van der Waals surface area contributed by atoms with Crippen molar-refractivity contribution in [3.05, 3.63) is 54.6 Å². The first-order chi connectivity index (χ1) is 12.2. The van der Waals surface area contributed by atoms with Gasteiger partial charge in [0.15, 0.2) is 11.7 Å². The lowest BCUT2D eigenvalue weighted by Gasteiger charge is -2.22. The highest BCUT2D eigenvalue weighted by Crippen LogP contribution is 2.28. The van der Waals surface area contributed by atoms with Crippen molar-refractivity contribution < 1.29 is 9.53 Å². The zero-order valence-electron chi connectivity index (χ0n) is 13.9. The number of nitrogens with zero attached hydrogens (tertiary/aromatic N) is 1. The summed E-state index contributed by atoms with van der Waals surface area (Å²) in [5.74, 6) is 0.357. The molecule has 1 aliphatic rings. The fourth-order valence-electron chi connectivity index (χ4n) is 2.80. The highest BCUT2D eigenvalue weighted by Gasteiger charge is 2.16. The van der Waals surface area contributed by atoms with Crippen LogP contribution in [0.3, 0.4) is 0 Å². The Morgan fingerprint density at radius 3 is 2.48 bits per heavy atom. The van der Waals surface area contributed by atoms with E-state index >= 15 is 0 Å². The second kappa shape index (κ2) is 8.48. The zero-order valence-corrected chi connectivity index (χ0v) is 14.7. The Bertz CT molecular complexity index is 730. The topological polar surface area (TPSA) is 53.6 Å². The molecule has 1 saturated heterocycles. The van der Waals surface area contributed by atoms with Crippen molar-refractivity contribution in [3.8, 4) is 5.75 Å². The molecule has 130 valence electrons. The van der Waals surface area contributed by atoms with Gasteiger partial charge in [0.25, 0.3) is 5.91 Å². The average Bonchev–Trinajstić information content (AvgIpc) is 3.16. The predicted octanol–water partition coefficient (Wildman–Crippen LogP) is 3.18. The quantitative estimate of drug-likeness (QED) is 0.807. The van der Waals surface area contributed by atoms with Gasteiger partial charge in [0.1, 0.15) is 5.75 Å². The number of amides is 1. The Labute approximate surface area is 153 Å². The number of para-hydroxylation sites is 3. The van der Waals surface area contributed by atoms with Gasteiger partial charge in [0.05, 0.1) is 11.4 Å². The minimum absolute atomic E-state index is 0.0837. The number of benzene rings is 2. The maximum Gasteiger partial charge on any atom is 0.264 e. The van der Waals surface area contributed by atoms with Crippen molar-refractivity contribution in [2.24, 2.45) is 0 Å². The Hall–Kier alpha value is -2.60. The Morgan fingerprint density at radius 2 is 1.72 bits per heavy atom. The van der Waals surface area contributed by atoms with E-state index in [-0.39, 0.29) is 17.6 Å². The van der Waals surface area contributed by atoms with E-state index in [4.69, 9.17) is 17.0 Å². The first kappa shape index (κ1) is 17.2. The Kier molecular flexibility index (Phi) is 5.85. The van der Waals surface area contributed by atoms with Crippen LogP contribution in [0.1, 0.15) is 12.8 Å². The van der Waals surface area contributed by atoms with Gasteiger partial charge in [-0.1, -0.05) is 30.3 Å². The molecular weight excluding hydrogens is 334 g/mol. The van der Waals surface area contributed by atoms with Crippen LogP contribution in [0.5, 0.6) is 5.75 Å². The van der Waals surface area contributed by atoms with Crippen molar-refractivity contribution in [1.82, 2.24) is 5.32 Å². The smallest absolute Gasteiger partial charge is 0.264 e. The molecule has 0 spiro atoms. The molecule has 0 aromatic heterocycles. The van der Waals surface area contributed by atoms with Gasteiger partial charge in [-0.25, -0.2) is 0 Å². The molecule has 5 nitrogen and oxygen atoms in total. The molecule has 1 fully saturated rings. The van der Waals surface area contributed by atoms with Crippen LogP contribution in [0.25, 0.3) is 0 Å². The lowest BCUT2D eigenvalue weighted by molar-refractivity contribution is -0.121. The van der Waals surface area contributed by atoms with Gasteiger partial charge >= 0.3 is 0 Å². The predicted molar refractivity (Wildman–Crippen MR) is 104 cm³/mol. The second-order valence-corrected chi connectivity index (χ2v) is 6.22. The molecule has 3 rings (SSSR count). The van der Waals surface area contributed by atoms with E-state index in [1.807, 2.05) is 36.4 Å². The normalized spacial score (nSPS) is 13.4. The molecule has 0 aliphatic carbocycles. The third-order valence-corrected chi connectivity index (χ3v) is 4.17. The molecule has 2 aromatic rings. The second-order valence-electron chi connectivity index (χ2n) is 5.82. The van der Waals surface area contributed by atoms with E-state index < -0.39 is 0 Å². The summed E-state index contributed by atoms with van der Waals surface area (Å²) in [6, 6.07) is 17.2. The zero-order chi connectivity index (χ0) is 17.5. The summed E-state index contributed by atoms with van der Waals surface area (Å²) in [7, 11) is 0. The number of hydrogen-bond acceptors (Lipinski definition) is 4. The molecule has 2 N–H and O–H groups in total. The maximum atomic E-state index is 12.0. The molecule has 2 aromatic carbocycles. The summed E-state index contributed by atoms with van der Waals surface area (Å²) in [5, 5.41) is 6.04. The molecule has 0 bridgehead atoms. The largest absolute Gasteiger partial charge is 0.484 e. The highest BCUT2D eigenvalue weighted by molar-refractivity contribution is 7.80. The number of anilines is 2. The van der Waals surface area contributed by atoms with Crippen LogP contribution >= 0.6 is 12.2 Å². The SMILES string of the molecule is O=C(COc1ccccc1)NC(=S)Nc1ccccc1N1CCCC1. The minimum Gasteiger partial charge on any atom is -0.484 e. The number of rotatable bonds is 5. The van der Waals surface area contributed by atoms with Gasteiger partial charge in [-0.3, -0.25) is 10.1 Å². The fraction of sp³-hybridized carbons (Fsp3) is 0.263. The third kappa shape index (κ3) is 4.93. The van der Waals surface area contributed by atoms with Crippen LogP contribution in [0, 0.1) is 0 Å². The van der Waals surface area contributed by atoms with E-state index in [0.717, 1.165) is 24.5 Å². The molecule has 1 amide bonds. The Morgan fingerprint density at radius 1 is 1.04 bits per heavy atom. The summed E-state index contributed by atoms with van der Waals surface area (Å²) in [4.78, 5) is 14.3. The van der Waals surface area contributed by atoms with Crippen LogP contribution in [0.2, 0.25) is 0 Å². The van der Waals surface area contributed by atoms with Crippen LogP contribution in [-0.2, 0) is 4.79 Å². The first-order valence-electron chi connectivity index (χ1n) is 8.35. The molecular formula is C19H21N3O2S. The molecule has 0 unspecified atom stereocenters. The van der Waals surface area contributed by atoms with E-state index in [1.165, 1.54) is 12.8 Å². The summed E-state index contributed by atoms with van der Waals surface area (Å²) in [6.45, 7) is 2.01. The highest BCUT2D eigenvalue weighted by atomic mass is 32.1. The van der Waals surface area contributed by atoms with Gasteiger partial charge < -0.3 is 15.0 Å². The van der Waals surface area contributed by atoms with Crippen molar-refractivity contribution in [2.75, 3.05) is 29.9 Å². The van der Waals surface area contributed by atoms with Crippen LogP contribution in [-0.4, -0.2) is 30.7 Å². The number of hydrogen-bond donors (Lipinski definition) is 2. The van der Waals surface area contributed by atoms with Crippen molar-refractivity contribution in [2.45, 2.75) is 12.8 Å². The van der Waals surface area contributed by atoms with Gasteiger partial charge in [-0.15, -0.1) is 0 Å². The van der Waals surface area contributed by atoms with E-state index in [1.54, 1.807) is 12.1 Å². The monoisotopic (exact) mass is 355 g/mol. The fourth-order valence-corrected chi connectivity index (χ4v) is 3.02. The minimum atomic E-state index is -0.292. The molecule has 25 heavy (non-hydrogen) atoms. The van der Waals surface area contributed by atoms with Crippen LogP contribution in [0.4, 0.5) is 11.4 Å². The lowest BCUT2D eigenvalue weighted by Crippen LogP contribution is -2.37. The molecule has 6 heteroatoms. The average molecular weight is 355 g/mol. The Balaban J connectivity index is 1.53. The summed E-state index contributed by atoms with van der Waals surface area (Å²) < 4.78 is 5.42. The number of carbonyl (C=O) groups is 1. The first-order valence-corrected chi connectivity index (χ1v) is 8.76.